The number of hydrogen-bond acceptors (Lipinski definition) is 3. The number of anilines is 2. The summed E-state index contributed by atoms with van der Waals surface area (Å²) in [5.74, 6) is 1.29. The Labute approximate surface area is 125 Å². The van der Waals surface area contributed by atoms with E-state index in [1.807, 2.05) is 47.8 Å². The highest BCUT2D eigenvalue weighted by molar-refractivity contribution is 6.30. The van der Waals surface area contributed by atoms with Crippen molar-refractivity contribution in [2.24, 2.45) is 0 Å². The number of aromatic nitrogens is 4. The molecule has 0 bridgehead atoms. The zero-order chi connectivity index (χ0) is 14.4. The topological polar surface area (TPSA) is 58.0 Å². The van der Waals surface area contributed by atoms with Gasteiger partial charge in [0.15, 0.2) is 0 Å². The number of fused-ring (bicyclic) bond motifs is 3. The minimum Gasteiger partial charge on any atom is -0.325 e. The number of imidazole rings is 1. The average Bonchev–Trinajstić information content (AvgIpc) is 2.97. The lowest BCUT2D eigenvalue weighted by Gasteiger charge is -2.01. The molecule has 104 valence electrons. The van der Waals surface area contributed by atoms with E-state index in [0.29, 0.717) is 16.7 Å². The molecule has 4 rings (SSSR count). The smallest absolute Gasteiger partial charge is 0.253 e. The monoisotopic (exact) mass is 297 g/mol. The zero-order valence-corrected chi connectivity index (χ0v) is 12.0. The first-order valence-electron chi connectivity index (χ1n) is 6.56. The van der Waals surface area contributed by atoms with Gasteiger partial charge in [0.05, 0.1) is 11.0 Å². The molecule has 0 atom stereocenters. The summed E-state index contributed by atoms with van der Waals surface area (Å²) < 4.78 is 1.87. The van der Waals surface area contributed by atoms with E-state index in [1.165, 1.54) is 5.56 Å². The Morgan fingerprint density at radius 3 is 2.71 bits per heavy atom. The summed E-state index contributed by atoms with van der Waals surface area (Å²) in [5.41, 5.74) is 4.04. The third-order valence-corrected chi connectivity index (χ3v) is 3.58. The lowest BCUT2D eigenvalue weighted by molar-refractivity contribution is 1.01. The van der Waals surface area contributed by atoms with E-state index in [0.717, 1.165) is 16.7 Å². The molecule has 0 spiro atoms. The highest BCUT2D eigenvalue weighted by atomic mass is 35.5. The maximum Gasteiger partial charge on any atom is 0.253 e. The third-order valence-electron chi connectivity index (χ3n) is 3.33. The van der Waals surface area contributed by atoms with Crippen LogP contribution in [0.5, 0.6) is 0 Å². The standard InChI is InChI=1S/C15H12ClN5/c1-9-2-7-13-12(8-9)18-15-19-14(20-21(13)15)17-11-5-3-10(16)4-6-11/h2-8H,1H3,(H2,17,18,19,20). The van der Waals surface area contributed by atoms with Crippen molar-refractivity contribution in [3.8, 4) is 0 Å². The Balaban J connectivity index is 1.75. The van der Waals surface area contributed by atoms with Crippen molar-refractivity contribution in [2.45, 2.75) is 6.92 Å². The summed E-state index contributed by atoms with van der Waals surface area (Å²) >= 11 is 5.87. The molecule has 2 aromatic heterocycles. The van der Waals surface area contributed by atoms with Crippen LogP contribution in [0.3, 0.4) is 0 Å². The molecule has 0 aliphatic heterocycles. The molecule has 2 N–H and O–H groups in total. The van der Waals surface area contributed by atoms with Gasteiger partial charge in [0, 0.05) is 10.7 Å². The Bertz CT molecular complexity index is 936. The van der Waals surface area contributed by atoms with E-state index in [-0.39, 0.29) is 0 Å². The van der Waals surface area contributed by atoms with Crippen LogP contribution in [0, 0.1) is 6.92 Å². The van der Waals surface area contributed by atoms with Crippen LogP contribution >= 0.6 is 11.6 Å². The van der Waals surface area contributed by atoms with E-state index < -0.39 is 0 Å². The summed E-state index contributed by atoms with van der Waals surface area (Å²) in [6.07, 6.45) is 0. The Morgan fingerprint density at radius 1 is 1.10 bits per heavy atom. The van der Waals surface area contributed by atoms with Gasteiger partial charge in [0.1, 0.15) is 0 Å². The molecule has 0 unspecified atom stereocenters. The van der Waals surface area contributed by atoms with Crippen LogP contribution in [0.2, 0.25) is 5.02 Å². The SMILES string of the molecule is Cc1ccc2c(c1)nc1nc(Nc3ccc(Cl)cc3)[nH]n12. The zero-order valence-electron chi connectivity index (χ0n) is 11.3. The number of rotatable bonds is 2. The molecule has 4 aromatic rings. The fourth-order valence-electron chi connectivity index (χ4n) is 2.32. The van der Waals surface area contributed by atoms with E-state index >= 15 is 0 Å². The van der Waals surface area contributed by atoms with E-state index in [1.54, 1.807) is 0 Å². The van der Waals surface area contributed by atoms with Gasteiger partial charge in [-0.05, 0) is 48.9 Å². The van der Waals surface area contributed by atoms with Gasteiger partial charge in [-0.15, -0.1) is 0 Å². The first kappa shape index (κ1) is 12.2. The number of benzene rings is 2. The number of aromatic amines is 1. The molecule has 2 heterocycles. The maximum absolute atomic E-state index is 5.87. The van der Waals surface area contributed by atoms with Crippen LogP contribution < -0.4 is 5.32 Å². The van der Waals surface area contributed by atoms with Crippen molar-refractivity contribution < 1.29 is 0 Å². The fraction of sp³-hybridized carbons (Fsp3) is 0.0667. The van der Waals surface area contributed by atoms with Crippen LogP contribution in [0.1, 0.15) is 5.56 Å². The molecule has 0 amide bonds. The summed E-state index contributed by atoms with van der Waals surface area (Å²) in [4.78, 5) is 8.96. The van der Waals surface area contributed by atoms with Crippen molar-refractivity contribution in [1.82, 2.24) is 19.6 Å². The first-order chi connectivity index (χ1) is 10.2. The number of hydrogen-bond donors (Lipinski definition) is 2. The van der Waals surface area contributed by atoms with Crippen molar-refractivity contribution in [3.63, 3.8) is 0 Å². The summed E-state index contributed by atoms with van der Waals surface area (Å²) in [7, 11) is 0. The van der Waals surface area contributed by atoms with Gasteiger partial charge in [-0.1, -0.05) is 17.7 Å². The van der Waals surface area contributed by atoms with E-state index in [4.69, 9.17) is 11.6 Å². The molecule has 5 nitrogen and oxygen atoms in total. The highest BCUT2D eigenvalue weighted by Crippen LogP contribution is 2.20. The molecule has 0 saturated heterocycles. The van der Waals surface area contributed by atoms with Gasteiger partial charge < -0.3 is 5.32 Å². The predicted molar refractivity (Wildman–Crippen MR) is 84.3 cm³/mol. The van der Waals surface area contributed by atoms with Crippen LogP contribution in [0.25, 0.3) is 16.8 Å². The van der Waals surface area contributed by atoms with Crippen LogP contribution in [-0.2, 0) is 0 Å². The average molecular weight is 298 g/mol. The Morgan fingerprint density at radius 2 is 1.90 bits per heavy atom. The molecule has 0 fully saturated rings. The highest BCUT2D eigenvalue weighted by Gasteiger charge is 2.09. The molecule has 21 heavy (non-hydrogen) atoms. The second-order valence-corrected chi connectivity index (χ2v) is 5.38. The number of nitrogens with one attached hydrogen (secondary N) is 2. The lowest BCUT2D eigenvalue weighted by atomic mass is 10.2. The van der Waals surface area contributed by atoms with E-state index in [9.17, 15) is 0 Å². The second kappa shape index (κ2) is 4.49. The van der Waals surface area contributed by atoms with Crippen molar-refractivity contribution in [3.05, 3.63) is 53.1 Å². The molecular formula is C15H12ClN5. The van der Waals surface area contributed by atoms with E-state index in [2.05, 4.69) is 26.4 Å². The van der Waals surface area contributed by atoms with Gasteiger partial charge in [-0.2, -0.15) is 4.98 Å². The quantitative estimate of drug-likeness (QED) is 0.589. The molecule has 2 aromatic carbocycles. The van der Waals surface area contributed by atoms with Crippen molar-refractivity contribution in [2.75, 3.05) is 5.32 Å². The van der Waals surface area contributed by atoms with Crippen molar-refractivity contribution >= 4 is 40.0 Å². The fourth-order valence-corrected chi connectivity index (χ4v) is 2.45. The molecule has 0 aliphatic rings. The van der Waals surface area contributed by atoms with Gasteiger partial charge in [0.25, 0.3) is 5.78 Å². The van der Waals surface area contributed by atoms with Gasteiger partial charge in [-0.25, -0.2) is 9.50 Å². The maximum atomic E-state index is 5.87. The lowest BCUT2D eigenvalue weighted by Crippen LogP contribution is -1.93. The van der Waals surface area contributed by atoms with Gasteiger partial charge in [-0.3, -0.25) is 5.10 Å². The minimum atomic E-state index is 0.641. The Kier molecular flexibility index (Phi) is 2.62. The summed E-state index contributed by atoms with van der Waals surface area (Å²) in [6, 6.07) is 13.6. The van der Waals surface area contributed by atoms with Crippen LogP contribution in [-0.4, -0.2) is 19.6 Å². The number of nitrogens with zero attached hydrogens (tertiary/aromatic N) is 3. The number of halogens is 1. The molecule has 0 aliphatic carbocycles. The molecule has 0 saturated carbocycles. The summed E-state index contributed by atoms with van der Waals surface area (Å²) in [5, 5.41) is 7.10. The molecular weight excluding hydrogens is 286 g/mol. The third kappa shape index (κ3) is 2.11. The second-order valence-electron chi connectivity index (χ2n) is 4.94. The first-order valence-corrected chi connectivity index (χ1v) is 6.94. The Hall–Kier alpha value is -2.53. The minimum absolute atomic E-state index is 0.641. The van der Waals surface area contributed by atoms with Gasteiger partial charge >= 0.3 is 0 Å². The molecule has 6 heteroatoms. The van der Waals surface area contributed by atoms with Crippen molar-refractivity contribution in [1.29, 1.82) is 0 Å². The normalized spacial score (nSPS) is 11.3. The van der Waals surface area contributed by atoms with Crippen LogP contribution in [0.4, 0.5) is 11.6 Å². The van der Waals surface area contributed by atoms with Gasteiger partial charge in [0.2, 0.25) is 5.95 Å². The molecule has 0 radical (unpaired) electrons. The largest absolute Gasteiger partial charge is 0.325 e. The number of aryl methyl sites for hydroxylation is 1. The number of H-pyrrole nitrogens is 1. The summed E-state index contributed by atoms with van der Waals surface area (Å²) in [6.45, 7) is 2.05. The predicted octanol–water partition coefficient (Wildman–Crippen LogP) is 3.92. The van der Waals surface area contributed by atoms with Crippen LogP contribution in [0.15, 0.2) is 42.5 Å².